The number of nitro groups is 1. The van der Waals surface area contributed by atoms with Gasteiger partial charge < -0.3 is 5.32 Å². The normalized spacial score (nSPS) is 15.4. The summed E-state index contributed by atoms with van der Waals surface area (Å²) in [6.45, 7) is 0. The van der Waals surface area contributed by atoms with E-state index in [0.29, 0.717) is 11.0 Å². The average Bonchev–Trinajstić information content (AvgIpc) is 3.06. The van der Waals surface area contributed by atoms with Crippen LogP contribution in [0, 0.1) is 10.1 Å². The fourth-order valence-corrected chi connectivity index (χ4v) is 3.26. The quantitative estimate of drug-likeness (QED) is 0.574. The molecule has 0 amide bonds. The first kappa shape index (κ1) is 15.4. The van der Waals surface area contributed by atoms with Gasteiger partial charge in [0.1, 0.15) is 11.8 Å². The summed E-state index contributed by atoms with van der Waals surface area (Å²) in [4.78, 5) is 19.5. The third-order valence-corrected chi connectivity index (χ3v) is 4.48. The number of hydrogen-bond acceptors (Lipinski definition) is 7. The molecule has 1 fully saturated rings. The van der Waals surface area contributed by atoms with Crippen molar-refractivity contribution in [3.05, 3.63) is 40.7 Å². The van der Waals surface area contributed by atoms with Crippen LogP contribution in [0.1, 0.15) is 32.1 Å². The highest BCUT2D eigenvalue weighted by atomic mass is 16.6. The maximum absolute atomic E-state index is 11.7. The number of rotatable bonds is 4. The summed E-state index contributed by atoms with van der Waals surface area (Å²) in [5.74, 6) is 0.355. The monoisotopic (exact) mass is 339 g/mol. The van der Waals surface area contributed by atoms with Gasteiger partial charge in [0.2, 0.25) is 11.6 Å². The minimum absolute atomic E-state index is 0.118. The van der Waals surface area contributed by atoms with E-state index in [9.17, 15) is 10.1 Å². The van der Waals surface area contributed by atoms with Gasteiger partial charge in [0, 0.05) is 6.04 Å². The Hall–Kier alpha value is -3.10. The Morgan fingerprint density at radius 1 is 1.16 bits per heavy atom. The zero-order valence-corrected chi connectivity index (χ0v) is 13.5. The molecule has 0 saturated heterocycles. The van der Waals surface area contributed by atoms with Crippen molar-refractivity contribution in [1.82, 2.24) is 25.0 Å². The summed E-state index contributed by atoms with van der Waals surface area (Å²) in [5.41, 5.74) is 1.13. The maximum atomic E-state index is 11.7. The molecule has 0 atom stereocenters. The molecule has 2 heterocycles. The number of anilines is 1. The van der Waals surface area contributed by atoms with Gasteiger partial charge in [0.15, 0.2) is 0 Å². The molecule has 1 aliphatic carbocycles. The standard InChI is InChI=1S/C16H17N7O2/c24-23(25)14-15(19-11-6-2-1-3-7-11)17-10-18-16(14)22-13-9-5-4-8-12(13)20-21-22/h4-5,8-11H,1-3,6-7H2,(H,17,18,19). The molecule has 0 bridgehead atoms. The van der Waals surface area contributed by atoms with Gasteiger partial charge in [-0.15, -0.1) is 5.10 Å². The lowest BCUT2D eigenvalue weighted by Gasteiger charge is -2.23. The number of benzene rings is 1. The molecule has 1 aliphatic rings. The Balaban J connectivity index is 1.80. The van der Waals surface area contributed by atoms with Gasteiger partial charge in [-0.1, -0.05) is 36.6 Å². The van der Waals surface area contributed by atoms with Crippen LogP contribution in [-0.2, 0) is 0 Å². The molecule has 9 heteroatoms. The molecule has 9 nitrogen and oxygen atoms in total. The second-order valence-corrected chi connectivity index (χ2v) is 6.12. The summed E-state index contributed by atoms with van der Waals surface area (Å²) in [5, 5.41) is 23.1. The summed E-state index contributed by atoms with van der Waals surface area (Å²) in [6.07, 6.45) is 6.75. The third kappa shape index (κ3) is 2.88. The maximum Gasteiger partial charge on any atom is 0.355 e. The molecule has 2 aromatic heterocycles. The molecule has 0 radical (unpaired) electrons. The summed E-state index contributed by atoms with van der Waals surface area (Å²) in [6, 6.07) is 7.47. The summed E-state index contributed by atoms with van der Waals surface area (Å²) < 4.78 is 1.39. The molecule has 4 rings (SSSR count). The van der Waals surface area contributed by atoms with Crippen molar-refractivity contribution in [2.45, 2.75) is 38.1 Å². The van der Waals surface area contributed by atoms with Crippen LogP contribution in [0.25, 0.3) is 16.9 Å². The Bertz CT molecular complexity index is 918. The van der Waals surface area contributed by atoms with Gasteiger partial charge in [0.05, 0.1) is 10.4 Å². The molecule has 3 aromatic rings. The van der Waals surface area contributed by atoms with Crippen LogP contribution in [0.4, 0.5) is 11.5 Å². The van der Waals surface area contributed by atoms with Crippen LogP contribution in [-0.4, -0.2) is 35.9 Å². The van der Waals surface area contributed by atoms with E-state index in [1.165, 1.54) is 17.4 Å². The zero-order chi connectivity index (χ0) is 17.2. The Kier molecular flexibility index (Phi) is 3.96. The van der Waals surface area contributed by atoms with Crippen molar-refractivity contribution >= 4 is 22.5 Å². The zero-order valence-electron chi connectivity index (χ0n) is 13.5. The molecule has 0 spiro atoms. The number of fused-ring (bicyclic) bond motifs is 1. The lowest BCUT2D eigenvalue weighted by atomic mass is 9.95. The fraction of sp³-hybridized carbons (Fsp3) is 0.375. The van der Waals surface area contributed by atoms with Crippen molar-refractivity contribution in [3.63, 3.8) is 0 Å². The lowest BCUT2D eigenvalue weighted by Crippen LogP contribution is -2.24. The van der Waals surface area contributed by atoms with Gasteiger partial charge in [-0.25, -0.2) is 9.97 Å². The molecule has 128 valence electrons. The van der Waals surface area contributed by atoms with Crippen LogP contribution < -0.4 is 5.32 Å². The fourth-order valence-electron chi connectivity index (χ4n) is 3.26. The predicted molar refractivity (Wildman–Crippen MR) is 91.6 cm³/mol. The first-order chi connectivity index (χ1) is 12.2. The molecule has 25 heavy (non-hydrogen) atoms. The van der Waals surface area contributed by atoms with E-state index in [-0.39, 0.29) is 23.4 Å². The predicted octanol–water partition coefficient (Wildman–Crippen LogP) is 2.86. The first-order valence-corrected chi connectivity index (χ1v) is 8.31. The third-order valence-electron chi connectivity index (χ3n) is 4.48. The first-order valence-electron chi connectivity index (χ1n) is 8.31. The average molecular weight is 339 g/mol. The van der Waals surface area contributed by atoms with Gasteiger partial charge in [-0.2, -0.15) is 4.68 Å². The van der Waals surface area contributed by atoms with E-state index in [1.54, 1.807) is 12.1 Å². The summed E-state index contributed by atoms with van der Waals surface area (Å²) >= 11 is 0. The SMILES string of the molecule is O=[N+]([O-])c1c(NC2CCCCC2)ncnc1-n1nnc2ccccc21. The second kappa shape index (κ2) is 6.42. The largest absolute Gasteiger partial charge is 0.361 e. The molecular formula is C16H17N7O2. The minimum Gasteiger partial charge on any atom is -0.361 e. The van der Waals surface area contributed by atoms with E-state index >= 15 is 0 Å². The number of aromatic nitrogens is 5. The van der Waals surface area contributed by atoms with Crippen molar-refractivity contribution in [2.75, 3.05) is 5.32 Å². The van der Waals surface area contributed by atoms with Crippen molar-refractivity contribution in [2.24, 2.45) is 0 Å². The Morgan fingerprint density at radius 2 is 1.96 bits per heavy atom. The molecular weight excluding hydrogens is 322 g/mol. The highest BCUT2D eigenvalue weighted by Gasteiger charge is 2.28. The van der Waals surface area contributed by atoms with Crippen molar-refractivity contribution < 1.29 is 4.92 Å². The van der Waals surface area contributed by atoms with Gasteiger partial charge in [0.25, 0.3) is 0 Å². The summed E-state index contributed by atoms with van der Waals surface area (Å²) in [7, 11) is 0. The van der Waals surface area contributed by atoms with E-state index < -0.39 is 4.92 Å². The highest BCUT2D eigenvalue weighted by molar-refractivity contribution is 5.77. The molecule has 1 N–H and O–H groups in total. The topological polar surface area (TPSA) is 112 Å². The Morgan fingerprint density at radius 3 is 2.76 bits per heavy atom. The van der Waals surface area contributed by atoms with Gasteiger partial charge >= 0.3 is 5.69 Å². The van der Waals surface area contributed by atoms with Gasteiger partial charge in [-0.05, 0) is 25.0 Å². The van der Waals surface area contributed by atoms with Crippen LogP contribution >= 0.6 is 0 Å². The lowest BCUT2D eigenvalue weighted by molar-refractivity contribution is -0.384. The van der Waals surface area contributed by atoms with Crippen LogP contribution in [0.3, 0.4) is 0 Å². The molecule has 1 aromatic carbocycles. The van der Waals surface area contributed by atoms with Crippen LogP contribution in [0.2, 0.25) is 0 Å². The molecule has 1 saturated carbocycles. The second-order valence-electron chi connectivity index (χ2n) is 6.12. The van der Waals surface area contributed by atoms with Crippen molar-refractivity contribution in [3.8, 4) is 5.82 Å². The van der Waals surface area contributed by atoms with Crippen LogP contribution in [0.15, 0.2) is 30.6 Å². The van der Waals surface area contributed by atoms with E-state index in [1.807, 2.05) is 12.1 Å². The van der Waals surface area contributed by atoms with E-state index in [0.717, 1.165) is 25.7 Å². The molecule has 0 unspecified atom stereocenters. The smallest absolute Gasteiger partial charge is 0.355 e. The number of para-hydroxylation sites is 1. The number of nitrogens with zero attached hydrogens (tertiary/aromatic N) is 6. The number of hydrogen-bond donors (Lipinski definition) is 1. The highest BCUT2D eigenvalue weighted by Crippen LogP contribution is 2.31. The van der Waals surface area contributed by atoms with Crippen molar-refractivity contribution in [1.29, 1.82) is 0 Å². The number of nitrogens with one attached hydrogen (secondary N) is 1. The van der Waals surface area contributed by atoms with E-state index in [2.05, 4.69) is 25.6 Å². The Labute approximate surface area is 143 Å². The molecule has 0 aliphatic heterocycles. The van der Waals surface area contributed by atoms with Gasteiger partial charge in [-0.3, -0.25) is 10.1 Å². The van der Waals surface area contributed by atoms with Crippen LogP contribution in [0.5, 0.6) is 0 Å². The minimum atomic E-state index is -0.461. The van der Waals surface area contributed by atoms with E-state index in [4.69, 9.17) is 0 Å².